The first kappa shape index (κ1) is 17.7. The van der Waals surface area contributed by atoms with Crippen molar-refractivity contribution in [2.75, 3.05) is 12.4 Å². The summed E-state index contributed by atoms with van der Waals surface area (Å²) in [4.78, 5) is 34.5. The van der Waals surface area contributed by atoms with E-state index in [1.165, 1.54) is 7.11 Å². The Morgan fingerprint density at radius 2 is 1.77 bits per heavy atom. The Bertz CT molecular complexity index is 525. The maximum atomic E-state index is 11.9. The zero-order valence-corrected chi connectivity index (χ0v) is 13.1. The van der Waals surface area contributed by atoms with Gasteiger partial charge in [0, 0.05) is 23.7 Å². The van der Waals surface area contributed by atoms with Crippen LogP contribution in [0.4, 0.5) is 5.69 Å². The molecule has 0 aromatic heterocycles. The smallest absolute Gasteiger partial charge is 0.306 e. The van der Waals surface area contributed by atoms with E-state index in [2.05, 4.69) is 15.4 Å². The molecule has 0 saturated heterocycles. The number of rotatable bonds is 7. The van der Waals surface area contributed by atoms with E-state index >= 15 is 0 Å². The number of carbonyl (C=O) groups is 3. The average Bonchev–Trinajstić information content (AvgIpc) is 2.52. The molecule has 0 aliphatic carbocycles. The minimum Gasteiger partial charge on any atom is -0.469 e. The summed E-state index contributed by atoms with van der Waals surface area (Å²) in [5.74, 6) is -0.840. The summed E-state index contributed by atoms with van der Waals surface area (Å²) in [5.41, 5.74) is 1.11. The van der Waals surface area contributed by atoms with Crippen molar-refractivity contribution in [2.45, 2.75) is 39.2 Å². The number of hydrogen-bond donors (Lipinski definition) is 2. The fourth-order valence-corrected chi connectivity index (χ4v) is 1.66. The van der Waals surface area contributed by atoms with Crippen molar-refractivity contribution in [3.05, 3.63) is 29.8 Å². The molecule has 0 radical (unpaired) electrons. The second-order valence-electron chi connectivity index (χ2n) is 4.98. The third-order valence-electron chi connectivity index (χ3n) is 3.20. The highest BCUT2D eigenvalue weighted by molar-refractivity contribution is 5.96. The van der Waals surface area contributed by atoms with Crippen molar-refractivity contribution < 1.29 is 19.1 Å². The van der Waals surface area contributed by atoms with Crippen molar-refractivity contribution in [1.82, 2.24) is 5.32 Å². The van der Waals surface area contributed by atoms with Crippen LogP contribution in [-0.2, 0) is 14.3 Å². The normalized spacial score (nSPS) is 11.4. The lowest BCUT2D eigenvalue weighted by Crippen LogP contribution is -2.31. The van der Waals surface area contributed by atoms with E-state index in [1.54, 1.807) is 24.3 Å². The average molecular weight is 306 g/mol. The Labute approximate surface area is 130 Å². The van der Waals surface area contributed by atoms with Crippen molar-refractivity contribution in [3.8, 4) is 0 Å². The van der Waals surface area contributed by atoms with E-state index in [9.17, 15) is 14.4 Å². The van der Waals surface area contributed by atoms with Crippen LogP contribution in [0, 0.1) is 0 Å². The van der Waals surface area contributed by atoms with Crippen LogP contribution in [0.1, 0.15) is 43.5 Å². The lowest BCUT2D eigenvalue weighted by molar-refractivity contribution is -0.141. The molecular weight excluding hydrogens is 284 g/mol. The van der Waals surface area contributed by atoms with E-state index in [0.29, 0.717) is 11.3 Å². The first-order valence-corrected chi connectivity index (χ1v) is 7.23. The zero-order valence-electron chi connectivity index (χ0n) is 13.1. The van der Waals surface area contributed by atoms with E-state index in [-0.39, 0.29) is 30.7 Å². The third-order valence-corrected chi connectivity index (χ3v) is 3.20. The first-order chi connectivity index (χ1) is 10.5. The summed E-state index contributed by atoms with van der Waals surface area (Å²) in [7, 11) is 1.28. The molecule has 2 amide bonds. The number of esters is 1. The summed E-state index contributed by atoms with van der Waals surface area (Å²) in [6, 6.07) is 6.72. The summed E-state index contributed by atoms with van der Waals surface area (Å²) < 4.78 is 4.47. The molecule has 1 rings (SSSR count). The third kappa shape index (κ3) is 5.95. The number of hydrogen-bond acceptors (Lipinski definition) is 4. The molecule has 22 heavy (non-hydrogen) atoms. The van der Waals surface area contributed by atoms with Crippen molar-refractivity contribution in [1.29, 1.82) is 0 Å². The van der Waals surface area contributed by atoms with Gasteiger partial charge in [-0.1, -0.05) is 6.92 Å². The molecular formula is C16H22N2O4. The molecule has 0 saturated carbocycles. The highest BCUT2D eigenvalue weighted by atomic mass is 16.5. The lowest BCUT2D eigenvalue weighted by Gasteiger charge is -2.11. The van der Waals surface area contributed by atoms with Crippen LogP contribution in [-0.4, -0.2) is 30.9 Å². The molecule has 0 spiro atoms. The maximum absolute atomic E-state index is 11.9. The molecule has 120 valence electrons. The summed E-state index contributed by atoms with van der Waals surface area (Å²) in [6.45, 7) is 3.94. The van der Waals surface area contributed by atoms with Gasteiger partial charge in [0.15, 0.2) is 0 Å². The fourth-order valence-electron chi connectivity index (χ4n) is 1.66. The minimum absolute atomic E-state index is 0.0394. The maximum Gasteiger partial charge on any atom is 0.306 e. The predicted octanol–water partition coefficient (Wildman–Crippen LogP) is 2.11. The second kappa shape index (κ2) is 8.81. The molecule has 0 aliphatic rings. The van der Waals surface area contributed by atoms with Crippen LogP contribution in [0.3, 0.4) is 0 Å². The fraction of sp³-hybridized carbons (Fsp3) is 0.438. The van der Waals surface area contributed by atoms with Gasteiger partial charge in [-0.3, -0.25) is 14.4 Å². The zero-order chi connectivity index (χ0) is 16.5. The van der Waals surface area contributed by atoms with Gasteiger partial charge in [-0.2, -0.15) is 0 Å². The Hall–Kier alpha value is -2.37. The summed E-state index contributed by atoms with van der Waals surface area (Å²) in [5, 5.41) is 5.53. The monoisotopic (exact) mass is 306 g/mol. The van der Waals surface area contributed by atoms with Crippen LogP contribution < -0.4 is 10.6 Å². The van der Waals surface area contributed by atoms with Crippen LogP contribution in [0.5, 0.6) is 0 Å². The molecule has 0 heterocycles. The van der Waals surface area contributed by atoms with Crippen LogP contribution >= 0.6 is 0 Å². The number of carbonyl (C=O) groups excluding carboxylic acids is 3. The Morgan fingerprint density at radius 1 is 1.14 bits per heavy atom. The number of benzene rings is 1. The van der Waals surface area contributed by atoms with Crippen LogP contribution in [0.15, 0.2) is 24.3 Å². The number of amides is 2. The van der Waals surface area contributed by atoms with E-state index in [0.717, 1.165) is 6.42 Å². The van der Waals surface area contributed by atoms with Gasteiger partial charge >= 0.3 is 5.97 Å². The molecule has 1 aromatic carbocycles. The molecule has 0 fully saturated rings. The second-order valence-corrected chi connectivity index (χ2v) is 4.98. The van der Waals surface area contributed by atoms with Gasteiger partial charge in [-0.25, -0.2) is 0 Å². The van der Waals surface area contributed by atoms with Gasteiger partial charge in [-0.05, 0) is 37.6 Å². The lowest BCUT2D eigenvalue weighted by atomic mass is 10.1. The van der Waals surface area contributed by atoms with Gasteiger partial charge in [-0.15, -0.1) is 0 Å². The molecule has 6 heteroatoms. The summed E-state index contributed by atoms with van der Waals surface area (Å²) >= 11 is 0. The molecule has 0 bridgehead atoms. The quantitative estimate of drug-likeness (QED) is 0.756. The highest BCUT2D eigenvalue weighted by Gasteiger charge is 2.10. The molecule has 1 atom stereocenters. The van der Waals surface area contributed by atoms with Gasteiger partial charge < -0.3 is 15.4 Å². The van der Waals surface area contributed by atoms with Gasteiger partial charge in [0.2, 0.25) is 5.91 Å². The SMILES string of the molecule is CCC(C)NC(=O)c1ccc(NC(=O)CCC(=O)OC)cc1. The Balaban J connectivity index is 2.52. The van der Waals surface area contributed by atoms with E-state index in [1.807, 2.05) is 13.8 Å². The topological polar surface area (TPSA) is 84.5 Å². The van der Waals surface area contributed by atoms with Gasteiger partial charge in [0.25, 0.3) is 5.91 Å². The number of nitrogens with one attached hydrogen (secondary N) is 2. The Kier molecular flexibility index (Phi) is 7.08. The number of ether oxygens (including phenoxy) is 1. The van der Waals surface area contributed by atoms with E-state index in [4.69, 9.17) is 0 Å². The Morgan fingerprint density at radius 3 is 2.32 bits per heavy atom. The summed E-state index contributed by atoms with van der Waals surface area (Å²) in [6.07, 6.45) is 0.959. The highest BCUT2D eigenvalue weighted by Crippen LogP contribution is 2.11. The molecule has 2 N–H and O–H groups in total. The van der Waals surface area contributed by atoms with Crippen LogP contribution in [0.2, 0.25) is 0 Å². The number of methoxy groups -OCH3 is 1. The number of anilines is 1. The minimum atomic E-state index is -0.424. The van der Waals surface area contributed by atoms with Crippen molar-refractivity contribution >= 4 is 23.5 Å². The van der Waals surface area contributed by atoms with Crippen molar-refractivity contribution in [2.24, 2.45) is 0 Å². The van der Waals surface area contributed by atoms with Crippen LogP contribution in [0.25, 0.3) is 0 Å². The van der Waals surface area contributed by atoms with Crippen molar-refractivity contribution in [3.63, 3.8) is 0 Å². The van der Waals surface area contributed by atoms with Gasteiger partial charge in [0.05, 0.1) is 13.5 Å². The van der Waals surface area contributed by atoms with E-state index < -0.39 is 5.97 Å². The molecule has 0 aliphatic heterocycles. The predicted molar refractivity (Wildman–Crippen MR) is 83.5 cm³/mol. The standard InChI is InChI=1S/C16H22N2O4/c1-4-11(2)17-16(21)12-5-7-13(8-6-12)18-14(19)9-10-15(20)22-3/h5-8,11H,4,9-10H2,1-3H3,(H,17,21)(H,18,19). The first-order valence-electron chi connectivity index (χ1n) is 7.23. The van der Waals surface area contributed by atoms with Gasteiger partial charge in [0.1, 0.15) is 0 Å². The molecule has 1 aromatic rings. The molecule has 6 nitrogen and oxygen atoms in total. The molecule has 1 unspecified atom stereocenters. The largest absolute Gasteiger partial charge is 0.469 e.